The third-order valence-electron chi connectivity index (χ3n) is 1.94. The van der Waals surface area contributed by atoms with Gasteiger partial charge >= 0.3 is 0 Å². The van der Waals surface area contributed by atoms with E-state index in [2.05, 4.69) is 9.97 Å². The molecule has 0 radical (unpaired) electrons. The van der Waals surface area contributed by atoms with Gasteiger partial charge in [-0.2, -0.15) is 0 Å². The topological polar surface area (TPSA) is 47.5 Å². The lowest BCUT2D eigenvalue weighted by atomic mass is 10.4. The molecule has 0 aliphatic carbocycles. The quantitative estimate of drug-likeness (QED) is 0.714. The van der Waals surface area contributed by atoms with Crippen LogP contribution in [0.15, 0.2) is 6.33 Å². The average molecular weight is 232 g/mol. The highest BCUT2D eigenvalue weighted by molar-refractivity contribution is 6.31. The van der Waals surface area contributed by atoms with Gasteiger partial charge in [-0.25, -0.2) is 9.97 Å². The maximum atomic E-state index is 5.87. The Morgan fingerprint density at radius 3 is 2.73 bits per heavy atom. The van der Waals surface area contributed by atoms with E-state index in [0.717, 1.165) is 0 Å². The SMILES string of the molecule is COCCN(C)c1ncnc(Cl)c1OC. The summed E-state index contributed by atoms with van der Waals surface area (Å²) >= 11 is 5.87. The van der Waals surface area contributed by atoms with Crippen molar-refractivity contribution in [3.63, 3.8) is 0 Å². The third kappa shape index (κ3) is 2.94. The van der Waals surface area contributed by atoms with Gasteiger partial charge in [0, 0.05) is 20.7 Å². The van der Waals surface area contributed by atoms with Crippen LogP contribution in [0.3, 0.4) is 0 Å². The third-order valence-corrected chi connectivity index (χ3v) is 2.21. The Labute approximate surface area is 94.0 Å². The molecule has 0 atom stereocenters. The van der Waals surface area contributed by atoms with E-state index >= 15 is 0 Å². The number of nitrogens with zero attached hydrogens (tertiary/aromatic N) is 3. The van der Waals surface area contributed by atoms with Gasteiger partial charge < -0.3 is 14.4 Å². The summed E-state index contributed by atoms with van der Waals surface area (Å²) in [6, 6.07) is 0. The molecular formula is C9H14ClN3O2. The van der Waals surface area contributed by atoms with Crippen LogP contribution in [0.4, 0.5) is 5.82 Å². The molecule has 1 aromatic rings. The second-order valence-electron chi connectivity index (χ2n) is 2.94. The standard InChI is InChI=1S/C9H14ClN3O2/c1-13(4-5-14-2)9-7(15-3)8(10)11-6-12-9/h6H,4-5H2,1-3H3. The van der Waals surface area contributed by atoms with Crippen molar-refractivity contribution in [3.05, 3.63) is 11.5 Å². The van der Waals surface area contributed by atoms with E-state index in [-0.39, 0.29) is 0 Å². The number of aromatic nitrogens is 2. The molecule has 1 heterocycles. The molecule has 0 aromatic carbocycles. The number of methoxy groups -OCH3 is 2. The van der Waals surface area contributed by atoms with E-state index < -0.39 is 0 Å². The fourth-order valence-electron chi connectivity index (χ4n) is 1.13. The van der Waals surface area contributed by atoms with Crippen LogP contribution in [0, 0.1) is 0 Å². The molecule has 6 heteroatoms. The summed E-state index contributed by atoms with van der Waals surface area (Å²) < 4.78 is 10.1. The zero-order valence-corrected chi connectivity index (χ0v) is 9.78. The van der Waals surface area contributed by atoms with Gasteiger partial charge in [-0.15, -0.1) is 0 Å². The molecule has 5 nitrogen and oxygen atoms in total. The van der Waals surface area contributed by atoms with E-state index in [1.165, 1.54) is 13.4 Å². The first-order valence-corrected chi connectivity index (χ1v) is 4.83. The van der Waals surface area contributed by atoms with Gasteiger partial charge in [0.15, 0.2) is 16.7 Å². The summed E-state index contributed by atoms with van der Waals surface area (Å²) in [6.07, 6.45) is 1.41. The number of likely N-dealkylation sites (N-methyl/N-ethyl adjacent to an activating group) is 1. The molecule has 0 unspecified atom stereocenters. The Morgan fingerprint density at radius 1 is 1.40 bits per heavy atom. The van der Waals surface area contributed by atoms with E-state index in [9.17, 15) is 0 Å². The summed E-state index contributed by atoms with van der Waals surface area (Å²) in [7, 11) is 5.08. The lowest BCUT2D eigenvalue weighted by molar-refractivity contribution is 0.206. The number of ether oxygens (including phenoxy) is 2. The van der Waals surface area contributed by atoms with Crippen LogP contribution in [-0.4, -0.2) is 44.4 Å². The summed E-state index contributed by atoms with van der Waals surface area (Å²) in [6.45, 7) is 1.32. The fraction of sp³-hybridized carbons (Fsp3) is 0.556. The second-order valence-corrected chi connectivity index (χ2v) is 3.29. The van der Waals surface area contributed by atoms with Gasteiger partial charge in [0.25, 0.3) is 0 Å². The molecular weight excluding hydrogens is 218 g/mol. The first-order valence-electron chi connectivity index (χ1n) is 4.45. The van der Waals surface area contributed by atoms with Crippen molar-refractivity contribution in [2.75, 3.05) is 39.3 Å². The van der Waals surface area contributed by atoms with E-state index in [4.69, 9.17) is 21.1 Å². The van der Waals surface area contributed by atoms with Crippen LogP contribution < -0.4 is 9.64 Å². The molecule has 15 heavy (non-hydrogen) atoms. The summed E-state index contributed by atoms with van der Waals surface area (Å²) in [4.78, 5) is 9.86. The first-order chi connectivity index (χ1) is 7.20. The van der Waals surface area contributed by atoms with E-state index in [1.54, 1.807) is 7.11 Å². The molecule has 84 valence electrons. The predicted octanol–water partition coefficient (Wildman–Crippen LogP) is 1.22. The molecule has 1 aromatic heterocycles. The largest absolute Gasteiger partial charge is 0.490 e. The van der Waals surface area contributed by atoms with Gasteiger partial charge in [-0.05, 0) is 0 Å². The summed E-state index contributed by atoms with van der Waals surface area (Å²) in [5, 5.41) is 0.312. The lowest BCUT2D eigenvalue weighted by Gasteiger charge is -2.19. The number of rotatable bonds is 5. The Hall–Kier alpha value is -1.07. The molecule has 1 rings (SSSR count). The van der Waals surface area contributed by atoms with Gasteiger partial charge in [0.05, 0.1) is 13.7 Å². The zero-order valence-electron chi connectivity index (χ0n) is 9.03. The maximum Gasteiger partial charge on any atom is 0.199 e. The van der Waals surface area contributed by atoms with Gasteiger partial charge in [-0.1, -0.05) is 11.6 Å². The highest BCUT2D eigenvalue weighted by Gasteiger charge is 2.13. The maximum absolute atomic E-state index is 5.87. The van der Waals surface area contributed by atoms with Crippen LogP contribution in [0.25, 0.3) is 0 Å². The Bertz CT molecular complexity index is 322. The van der Waals surface area contributed by atoms with Crippen molar-refractivity contribution in [2.45, 2.75) is 0 Å². The van der Waals surface area contributed by atoms with Crippen molar-refractivity contribution in [2.24, 2.45) is 0 Å². The van der Waals surface area contributed by atoms with E-state index in [1.807, 2.05) is 11.9 Å². The Balaban J connectivity index is 2.87. The molecule has 0 saturated heterocycles. The number of hydrogen-bond acceptors (Lipinski definition) is 5. The predicted molar refractivity (Wildman–Crippen MR) is 58.7 cm³/mol. The minimum Gasteiger partial charge on any atom is -0.490 e. The van der Waals surface area contributed by atoms with Gasteiger partial charge in [-0.3, -0.25) is 0 Å². The fourth-order valence-corrected chi connectivity index (χ4v) is 1.33. The van der Waals surface area contributed by atoms with E-state index in [0.29, 0.717) is 29.9 Å². The van der Waals surface area contributed by atoms with Crippen LogP contribution >= 0.6 is 11.6 Å². The Kier molecular flexibility index (Phi) is 4.58. The van der Waals surface area contributed by atoms with Crippen LogP contribution in [0.1, 0.15) is 0 Å². The lowest BCUT2D eigenvalue weighted by Crippen LogP contribution is -2.23. The molecule has 0 saturated carbocycles. The van der Waals surface area contributed by atoms with Crippen molar-refractivity contribution >= 4 is 17.4 Å². The van der Waals surface area contributed by atoms with Crippen molar-refractivity contribution in [1.29, 1.82) is 0 Å². The normalized spacial score (nSPS) is 10.1. The minimum absolute atomic E-state index is 0.312. The smallest absolute Gasteiger partial charge is 0.199 e. The first kappa shape index (κ1) is 12.0. The van der Waals surface area contributed by atoms with Crippen LogP contribution in [0.5, 0.6) is 5.75 Å². The van der Waals surface area contributed by atoms with Gasteiger partial charge in [0.2, 0.25) is 0 Å². The van der Waals surface area contributed by atoms with Crippen molar-refractivity contribution in [1.82, 2.24) is 9.97 Å². The number of halogens is 1. The average Bonchev–Trinajstić information content (AvgIpc) is 2.25. The Morgan fingerprint density at radius 2 is 2.13 bits per heavy atom. The zero-order chi connectivity index (χ0) is 11.3. The summed E-state index contributed by atoms with van der Waals surface area (Å²) in [5.41, 5.74) is 0. The van der Waals surface area contributed by atoms with Gasteiger partial charge in [0.1, 0.15) is 6.33 Å². The molecule has 0 N–H and O–H groups in total. The van der Waals surface area contributed by atoms with Crippen LogP contribution in [0.2, 0.25) is 5.15 Å². The van der Waals surface area contributed by atoms with Crippen molar-refractivity contribution in [3.8, 4) is 5.75 Å². The monoisotopic (exact) mass is 231 g/mol. The molecule has 0 spiro atoms. The molecule has 0 aliphatic rings. The highest BCUT2D eigenvalue weighted by atomic mass is 35.5. The number of anilines is 1. The molecule has 0 aliphatic heterocycles. The second kappa shape index (κ2) is 5.72. The van der Waals surface area contributed by atoms with Crippen LogP contribution in [-0.2, 0) is 4.74 Å². The molecule has 0 fully saturated rings. The van der Waals surface area contributed by atoms with Crippen molar-refractivity contribution < 1.29 is 9.47 Å². The molecule has 0 bridgehead atoms. The summed E-state index contributed by atoms with van der Waals surface area (Å²) in [5.74, 6) is 1.15. The minimum atomic E-state index is 0.312. The highest BCUT2D eigenvalue weighted by Crippen LogP contribution is 2.30. The number of hydrogen-bond donors (Lipinski definition) is 0. The molecule has 0 amide bonds.